The number of thioether (sulfide) groups is 1. The summed E-state index contributed by atoms with van der Waals surface area (Å²) >= 11 is 1.39. The minimum Gasteiger partial charge on any atom is -0.790 e. The van der Waals surface area contributed by atoms with Crippen LogP contribution in [0.4, 0.5) is 0 Å². The summed E-state index contributed by atoms with van der Waals surface area (Å²) in [5.41, 5.74) is 0. The molecule has 0 spiro atoms. The van der Waals surface area contributed by atoms with Gasteiger partial charge in [-0.3, -0.25) is 14.4 Å². The first-order chi connectivity index (χ1) is 19.1. The number of esters is 2. The van der Waals surface area contributed by atoms with Gasteiger partial charge in [-0.2, -0.15) is 0 Å². The summed E-state index contributed by atoms with van der Waals surface area (Å²) in [6, 6.07) is 0. The van der Waals surface area contributed by atoms with Crippen LogP contribution in [0.5, 0.6) is 0 Å². The van der Waals surface area contributed by atoms with Gasteiger partial charge >= 0.3 is 71.1 Å². The molecule has 0 rings (SSSR count). The normalized spacial score (nSPS) is 11.7. The van der Waals surface area contributed by atoms with Crippen LogP contribution in [0.15, 0.2) is 0 Å². The molecule has 0 saturated carbocycles. The second-order valence-corrected chi connectivity index (χ2v) is 12.8. The zero-order chi connectivity index (χ0) is 29.9. The largest absolute Gasteiger partial charge is 1.00 e. The zero-order valence-corrected chi connectivity index (χ0v) is 32.6. The molecule has 0 aliphatic carbocycles. The third-order valence-electron chi connectivity index (χ3n) is 6.46. The predicted octanol–water partition coefficient (Wildman–Crippen LogP) is 0.396. The van der Waals surface area contributed by atoms with E-state index >= 15 is 0 Å². The molecule has 0 heterocycles. The molecule has 0 aromatic rings. The first-order valence-corrected chi connectivity index (χ1v) is 17.7. The predicted molar refractivity (Wildman–Crippen MR) is 156 cm³/mol. The SMILES string of the molecule is CCCCCCCCCCCC(=O)O[C@@H](COC(=O)CCCCCCCCCCCSC(C)=O)COP(=O)([O-])[O-].[Na+].[Na+]. The van der Waals surface area contributed by atoms with E-state index in [0.717, 1.165) is 63.5 Å². The Morgan fingerprint density at radius 3 is 1.55 bits per heavy atom. The van der Waals surface area contributed by atoms with Gasteiger partial charge in [0, 0.05) is 25.5 Å². The van der Waals surface area contributed by atoms with Crippen LogP contribution in [-0.2, 0) is 32.9 Å². The van der Waals surface area contributed by atoms with E-state index in [2.05, 4.69) is 11.4 Å². The second kappa shape index (κ2) is 33.4. The molecule has 0 aliphatic heterocycles. The Morgan fingerprint density at radius 2 is 1.10 bits per heavy atom. The minimum absolute atomic E-state index is 0. The van der Waals surface area contributed by atoms with Crippen molar-refractivity contribution in [3.05, 3.63) is 0 Å². The molecule has 9 nitrogen and oxygen atoms in total. The fourth-order valence-electron chi connectivity index (χ4n) is 4.20. The van der Waals surface area contributed by atoms with Crippen LogP contribution >= 0.6 is 19.6 Å². The number of phosphoric ester groups is 1. The van der Waals surface area contributed by atoms with E-state index in [-0.39, 0.29) is 83.7 Å². The number of hydrogen-bond acceptors (Lipinski definition) is 10. The van der Waals surface area contributed by atoms with Crippen LogP contribution in [0.25, 0.3) is 0 Å². The van der Waals surface area contributed by atoms with Gasteiger partial charge in [-0.05, 0) is 19.3 Å². The van der Waals surface area contributed by atoms with Gasteiger partial charge < -0.3 is 28.3 Å². The van der Waals surface area contributed by atoms with Gasteiger partial charge in [0.25, 0.3) is 0 Å². The first kappa shape index (κ1) is 47.5. The van der Waals surface area contributed by atoms with E-state index in [0.29, 0.717) is 12.8 Å². The van der Waals surface area contributed by atoms with E-state index in [4.69, 9.17) is 9.47 Å². The number of hydrogen-bond donors (Lipinski definition) is 0. The average Bonchev–Trinajstić information content (AvgIpc) is 2.89. The Hall–Kier alpha value is 1.07. The van der Waals surface area contributed by atoms with Crippen molar-refractivity contribution in [1.82, 2.24) is 0 Å². The van der Waals surface area contributed by atoms with Crippen molar-refractivity contribution in [1.29, 1.82) is 0 Å². The van der Waals surface area contributed by atoms with Crippen molar-refractivity contribution in [2.24, 2.45) is 0 Å². The summed E-state index contributed by atoms with van der Waals surface area (Å²) in [5, 5.41) is 0.177. The molecule has 1 atom stereocenters. The summed E-state index contributed by atoms with van der Waals surface area (Å²) in [6.07, 6.45) is 18.6. The van der Waals surface area contributed by atoms with Crippen LogP contribution in [-0.4, -0.2) is 42.1 Å². The van der Waals surface area contributed by atoms with Crippen LogP contribution in [0.3, 0.4) is 0 Å². The molecule has 0 unspecified atom stereocenters. The molecule has 42 heavy (non-hydrogen) atoms. The standard InChI is InChI=1S/C29H55O9PS.2Na/c1-3-4-5-6-7-9-13-16-19-22-29(32)38-27(25-37-39(33,34)35)24-36-28(31)21-18-15-12-10-8-11-14-17-20-23-40-26(2)30;;/h27H,3-25H2,1-2H3,(H2,33,34,35);;/q;2*+1/p-2/t27-;;/m0../s1. The molecule has 0 radical (unpaired) electrons. The van der Waals surface area contributed by atoms with Gasteiger partial charge in [0.15, 0.2) is 11.2 Å². The first-order valence-electron chi connectivity index (χ1n) is 15.3. The maximum atomic E-state index is 12.2. The molecule has 0 amide bonds. The van der Waals surface area contributed by atoms with Gasteiger partial charge in [-0.1, -0.05) is 115 Å². The van der Waals surface area contributed by atoms with E-state index in [1.54, 1.807) is 6.92 Å². The van der Waals surface area contributed by atoms with E-state index in [9.17, 15) is 28.7 Å². The Bertz CT molecular complexity index is 711. The summed E-state index contributed by atoms with van der Waals surface area (Å²) in [7, 11) is -5.24. The number of ether oxygens (including phenoxy) is 2. The quantitative estimate of drug-likeness (QED) is 0.0504. The zero-order valence-electron chi connectivity index (χ0n) is 26.9. The number of carbonyl (C=O) groups is 3. The number of unbranched alkanes of at least 4 members (excludes halogenated alkanes) is 16. The van der Waals surface area contributed by atoms with Gasteiger partial charge in [0.2, 0.25) is 0 Å². The maximum Gasteiger partial charge on any atom is 1.00 e. The molecule has 0 bridgehead atoms. The van der Waals surface area contributed by atoms with Crippen LogP contribution in [0.2, 0.25) is 0 Å². The molecule has 0 aromatic heterocycles. The Balaban J connectivity index is -0.00000760. The maximum absolute atomic E-state index is 12.2. The topological polar surface area (TPSA) is 142 Å². The average molecular weight is 655 g/mol. The molecule has 236 valence electrons. The third-order valence-corrected chi connectivity index (χ3v) is 7.83. The van der Waals surface area contributed by atoms with Crippen molar-refractivity contribution in [3.8, 4) is 0 Å². The molecule has 0 fully saturated rings. The molecule has 0 N–H and O–H groups in total. The van der Waals surface area contributed by atoms with Gasteiger partial charge in [0.05, 0.1) is 14.4 Å². The summed E-state index contributed by atoms with van der Waals surface area (Å²) in [5.74, 6) is -0.0935. The fraction of sp³-hybridized carbons (Fsp3) is 0.897. The van der Waals surface area contributed by atoms with E-state index in [1.807, 2.05) is 0 Å². The third kappa shape index (κ3) is 37.3. The minimum atomic E-state index is -5.24. The number of rotatable bonds is 28. The van der Waals surface area contributed by atoms with E-state index < -0.39 is 32.5 Å². The fourth-order valence-corrected chi connectivity index (χ4v) is 5.18. The van der Waals surface area contributed by atoms with Gasteiger partial charge in [-0.25, -0.2) is 0 Å². The van der Waals surface area contributed by atoms with Crippen molar-refractivity contribution in [2.75, 3.05) is 19.0 Å². The molecule has 13 heteroatoms. The summed E-state index contributed by atoms with van der Waals surface area (Å²) in [4.78, 5) is 56.9. The molecule has 0 aliphatic rings. The van der Waals surface area contributed by atoms with Crippen molar-refractivity contribution < 1.29 is 102 Å². The number of carbonyl (C=O) groups excluding carboxylic acids is 3. The van der Waals surface area contributed by atoms with Crippen LogP contribution < -0.4 is 68.9 Å². The summed E-state index contributed by atoms with van der Waals surface area (Å²) in [6.45, 7) is 2.76. The smallest absolute Gasteiger partial charge is 0.790 e. The van der Waals surface area contributed by atoms with Crippen molar-refractivity contribution >= 4 is 36.6 Å². The Morgan fingerprint density at radius 1 is 0.667 bits per heavy atom. The molecular formula is C29H53Na2O9PS. The van der Waals surface area contributed by atoms with Gasteiger partial charge in [0.1, 0.15) is 6.61 Å². The monoisotopic (exact) mass is 654 g/mol. The van der Waals surface area contributed by atoms with Crippen molar-refractivity contribution in [2.45, 2.75) is 148 Å². The van der Waals surface area contributed by atoms with E-state index in [1.165, 1.54) is 56.7 Å². The Kier molecular flexibility index (Phi) is 37.8. The Labute approximate surface area is 303 Å². The van der Waals surface area contributed by atoms with Crippen LogP contribution in [0.1, 0.15) is 142 Å². The van der Waals surface area contributed by atoms with Crippen molar-refractivity contribution in [3.63, 3.8) is 0 Å². The van der Waals surface area contributed by atoms with Crippen LogP contribution in [0, 0.1) is 0 Å². The second-order valence-electron chi connectivity index (χ2n) is 10.4. The number of phosphoric acid groups is 1. The molecular weight excluding hydrogens is 601 g/mol. The molecule has 0 saturated heterocycles. The summed E-state index contributed by atoms with van der Waals surface area (Å²) < 4.78 is 25.5. The molecule has 0 aromatic carbocycles. The van der Waals surface area contributed by atoms with Gasteiger partial charge in [-0.15, -0.1) is 0 Å².